The van der Waals surface area contributed by atoms with E-state index >= 15 is 0 Å². The van der Waals surface area contributed by atoms with Gasteiger partial charge in [0.15, 0.2) is 0 Å². The number of rotatable bonds is 5. The smallest absolute Gasteiger partial charge is 0.311 e. The minimum absolute atomic E-state index is 0.558. The maximum Gasteiger partial charge on any atom is 0.311 e. The minimum Gasteiger partial charge on any atom is -0.481 e. The van der Waals surface area contributed by atoms with Gasteiger partial charge < -0.3 is 5.11 Å². The zero-order valence-corrected chi connectivity index (χ0v) is 17.1. The number of carbonyl (C=O) groups is 1. The number of hydrogen-bond acceptors (Lipinski definition) is 3. The van der Waals surface area contributed by atoms with E-state index in [0.29, 0.717) is 6.42 Å². The van der Waals surface area contributed by atoms with Gasteiger partial charge in [0.2, 0.25) is 0 Å². The van der Waals surface area contributed by atoms with Crippen molar-refractivity contribution in [2.75, 3.05) is 0 Å². The molecule has 2 aromatic heterocycles. The van der Waals surface area contributed by atoms with Crippen molar-refractivity contribution in [2.45, 2.75) is 39.5 Å². The molecule has 28 heavy (non-hydrogen) atoms. The van der Waals surface area contributed by atoms with Crippen LogP contribution in [0.1, 0.15) is 42.5 Å². The number of aryl methyl sites for hydroxylation is 2. The van der Waals surface area contributed by atoms with Crippen LogP contribution in [0.5, 0.6) is 0 Å². The zero-order chi connectivity index (χ0) is 19.8. The lowest BCUT2D eigenvalue weighted by Crippen LogP contribution is -2.15. The number of benzene rings is 2. The first-order chi connectivity index (χ1) is 13.5. The Balaban J connectivity index is 2.17. The maximum atomic E-state index is 12.2. The number of thiophene rings is 1. The molecule has 4 heteroatoms. The van der Waals surface area contributed by atoms with Crippen molar-refractivity contribution in [3.8, 4) is 11.1 Å². The van der Waals surface area contributed by atoms with E-state index in [9.17, 15) is 9.90 Å². The molecule has 0 bridgehead atoms. The van der Waals surface area contributed by atoms with Crippen LogP contribution in [-0.2, 0) is 4.79 Å². The van der Waals surface area contributed by atoms with Crippen LogP contribution in [-0.4, -0.2) is 16.1 Å². The first-order valence-electron chi connectivity index (χ1n) is 9.62. The van der Waals surface area contributed by atoms with Gasteiger partial charge >= 0.3 is 5.97 Å². The Hall–Kier alpha value is -2.72. The van der Waals surface area contributed by atoms with Crippen molar-refractivity contribution in [3.63, 3.8) is 0 Å². The largest absolute Gasteiger partial charge is 0.481 e. The standard InChI is InChI=1S/C24H23NO2S/c1-4-7-18(24(26)27)20-15(3)25-23-22(17-8-5-6-9-19(17)28-23)21(20)16-12-10-14(2)11-13-16/h5-6,8-13,18H,4,7H2,1-3H3,(H,26,27). The van der Waals surface area contributed by atoms with E-state index < -0.39 is 11.9 Å². The van der Waals surface area contributed by atoms with Gasteiger partial charge in [0.1, 0.15) is 4.83 Å². The van der Waals surface area contributed by atoms with Gasteiger partial charge in [0.25, 0.3) is 0 Å². The van der Waals surface area contributed by atoms with Crippen molar-refractivity contribution in [3.05, 3.63) is 65.4 Å². The van der Waals surface area contributed by atoms with E-state index in [-0.39, 0.29) is 0 Å². The molecular formula is C24H23NO2S. The van der Waals surface area contributed by atoms with Crippen LogP contribution in [0.3, 0.4) is 0 Å². The number of aromatic nitrogens is 1. The predicted molar refractivity (Wildman–Crippen MR) is 117 cm³/mol. The molecule has 0 saturated carbocycles. The van der Waals surface area contributed by atoms with Gasteiger partial charge in [0.05, 0.1) is 5.92 Å². The SMILES string of the molecule is CCCC(C(=O)O)c1c(C)nc2sc3ccccc3c2c1-c1ccc(C)cc1. The summed E-state index contributed by atoms with van der Waals surface area (Å²) in [5.41, 5.74) is 4.94. The second-order valence-electron chi connectivity index (χ2n) is 7.31. The van der Waals surface area contributed by atoms with Gasteiger partial charge in [-0.2, -0.15) is 0 Å². The summed E-state index contributed by atoms with van der Waals surface area (Å²) in [6, 6.07) is 16.7. The molecule has 2 aromatic carbocycles. The molecule has 142 valence electrons. The third-order valence-corrected chi connectivity index (χ3v) is 6.38. The molecule has 0 radical (unpaired) electrons. The van der Waals surface area contributed by atoms with Gasteiger partial charge in [-0.25, -0.2) is 4.98 Å². The predicted octanol–water partition coefficient (Wildman–Crippen LogP) is 6.70. The third-order valence-electron chi connectivity index (χ3n) is 5.32. The van der Waals surface area contributed by atoms with Gasteiger partial charge in [0, 0.05) is 21.2 Å². The number of hydrogen-bond donors (Lipinski definition) is 1. The molecule has 2 heterocycles. The molecule has 4 aromatic rings. The van der Waals surface area contributed by atoms with Gasteiger partial charge in [-0.05, 0) is 43.0 Å². The Morgan fingerprint density at radius 2 is 1.82 bits per heavy atom. The molecule has 0 aliphatic rings. The Labute approximate surface area is 168 Å². The Bertz CT molecular complexity index is 1170. The fourth-order valence-corrected chi connectivity index (χ4v) is 5.14. The molecule has 3 nitrogen and oxygen atoms in total. The molecule has 0 fully saturated rings. The summed E-state index contributed by atoms with van der Waals surface area (Å²) in [6.07, 6.45) is 1.41. The average molecular weight is 390 g/mol. The van der Waals surface area contributed by atoms with Crippen molar-refractivity contribution in [2.24, 2.45) is 0 Å². The molecule has 1 atom stereocenters. The highest BCUT2D eigenvalue weighted by molar-refractivity contribution is 7.25. The molecule has 1 N–H and O–H groups in total. The number of aliphatic carboxylic acids is 1. The summed E-state index contributed by atoms with van der Waals surface area (Å²) in [5, 5.41) is 12.2. The summed E-state index contributed by atoms with van der Waals surface area (Å²) in [6.45, 7) is 6.04. The normalized spacial score (nSPS) is 12.5. The summed E-state index contributed by atoms with van der Waals surface area (Å²) in [7, 11) is 0. The van der Waals surface area contributed by atoms with Crippen molar-refractivity contribution in [1.29, 1.82) is 0 Å². The van der Waals surface area contributed by atoms with Crippen LogP contribution in [0.25, 0.3) is 31.4 Å². The molecule has 1 unspecified atom stereocenters. The Kier molecular flexibility index (Phi) is 4.90. The van der Waals surface area contributed by atoms with Crippen LogP contribution in [0, 0.1) is 13.8 Å². The highest BCUT2D eigenvalue weighted by atomic mass is 32.1. The molecule has 0 aliphatic heterocycles. The average Bonchev–Trinajstić information content (AvgIpc) is 3.04. The lowest BCUT2D eigenvalue weighted by molar-refractivity contribution is -0.139. The fourth-order valence-electron chi connectivity index (χ4n) is 4.01. The van der Waals surface area contributed by atoms with Gasteiger partial charge in [-0.3, -0.25) is 4.79 Å². The Morgan fingerprint density at radius 1 is 1.11 bits per heavy atom. The number of pyridine rings is 1. The number of nitrogens with zero attached hydrogens (tertiary/aromatic N) is 1. The molecule has 0 spiro atoms. The molecular weight excluding hydrogens is 366 g/mol. The molecule has 0 amide bonds. The van der Waals surface area contributed by atoms with E-state index in [1.54, 1.807) is 11.3 Å². The lowest BCUT2D eigenvalue weighted by atomic mass is 9.85. The van der Waals surface area contributed by atoms with Crippen LogP contribution in [0.4, 0.5) is 0 Å². The van der Waals surface area contributed by atoms with Gasteiger partial charge in [-0.15, -0.1) is 11.3 Å². The first kappa shape index (κ1) is 18.6. The number of carboxylic acid groups (broad SMARTS) is 1. The van der Waals surface area contributed by atoms with Crippen molar-refractivity contribution >= 4 is 37.6 Å². The highest BCUT2D eigenvalue weighted by Crippen LogP contribution is 2.44. The number of carboxylic acids is 1. The zero-order valence-electron chi connectivity index (χ0n) is 16.3. The summed E-state index contributed by atoms with van der Waals surface area (Å²) in [4.78, 5) is 18.0. The number of fused-ring (bicyclic) bond motifs is 3. The van der Waals surface area contributed by atoms with E-state index in [2.05, 4.69) is 43.3 Å². The summed E-state index contributed by atoms with van der Waals surface area (Å²) in [5.74, 6) is -1.34. The van der Waals surface area contributed by atoms with Crippen LogP contribution < -0.4 is 0 Å². The van der Waals surface area contributed by atoms with Gasteiger partial charge in [-0.1, -0.05) is 61.4 Å². The van der Waals surface area contributed by atoms with E-state index in [4.69, 9.17) is 4.98 Å². The van der Waals surface area contributed by atoms with E-state index in [0.717, 1.165) is 44.4 Å². The van der Waals surface area contributed by atoms with Crippen LogP contribution >= 0.6 is 11.3 Å². The highest BCUT2D eigenvalue weighted by Gasteiger charge is 2.28. The fraction of sp³-hybridized carbons (Fsp3) is 0.250. The second-order valence-corrected chi connectivity index (χ2v) is 8.34. The van der Waals surface area contributed by atoms with Crippen molar-refractivity contribution < 1.29 is 9.90 Å². The summed E-state index contributed by atoms with van der Waals surface area (Å²) < 4.78 is 1.18. The molecule has 0 saturated heterocycles. The second kappa shape index (κ2) is 7.36. The monoisotopic (exact) mass is 389 g/mol. The Morgan fingerprint density at radius 3 is 2.50 bits per heavy atom. The topological polar surface area (TPSA) is 50.2 Å². The molecule has 4 rings (SSSR count). The molecule has 0 aliphatic carbocycles. The third kappa shape index (κ3) is 3.08. The maximum absolute atomic E-state index is 12.2. The summed E-state index contributed by atoms with van der Waals surface area (Å²) >= 11 is 1.67. The van der Waals surface area contributed by atoms with E-state index in [1.165, 1.54) is 10.3 Å². The minimum atomic E-state index is -0.779. The van der Waals surface area contributed by atoms with Crippen LogP contribution in [0.15, 0.2) is 48.5 Å². The first-order valence-corrected chi connectivity index (χ1v) is 10.4. The van der Waals surface area contributed by atoms with Crippen LogP contribution in [0.2, 0.25) is 0 Å². The lowest BCUT2D eigenvalue weighted by Gasteiger charge is -2.20. The quantitative estimate of drug-likeness (QED) is 0.413. The van der Waals surface area contributed by atoms with E-state index in [1.807, 2.05) is 26.0 Å². The van der Waals surface area contributed by atoms with Crippen molar-refractivity contribution in [1.82, 2.24) is 4.98 Å².